The Bertz CT molecular complexity index is 11.6. The summed E-state index contributed by atoms with van der Waals surface area (Å²) < 4.78 is 8.06. The number of hydrogen-bond donors (Lipinski definition) is 0. The van der Waals surface area contributed by atoms with Crippen molar-refractivity contribution in [2.24, 2.45) is 0 Å². The molecule has 0 aliphatic carbocycles. The van der Waals surface area contributed by atoms with Gasteiger partial charge in [0.05, 0.1) is 0 Å². The zero-order valence-corrected chi connectivity index (χ0v) is 6.58. The van der Waals surface area contributed by atoms with E-state index in [0.717, 1.165) is 0 Å². The second kappa shape index (κ2) is 29.0. The van der Waals surface area contributed by atoms with Gasteiger partial charge in [-0.2, -0.15) is 0 Å². The zero-order chi connectivity index (χ0) is 2.00. The van der Waals surface area contributed by atoms with Gasteiger partial charge in [0.1, 0.15) is 0 Å². The van der Waals surface area contributed by atoms with Crippen molar-refractivity contribution in [1.82, 2.24) is 0 Å². The van der Waals surface area contributed by atoms with Crippen LogP contribution in [0, 0.1) is 0 Å². The first-order valence-electron chi connectivity index (χ1n) is 0.204. The average Bonchev–Trinajstić information content (AvgIpc) is 1.00. The fourth-order valence-corrected chi connectivity index (χ4v) is 0. The van der Waals surface area contributed by atoms with Crippen LogP contribution >= 0.6 is 0 Å². The molecule has 0 bridgehead atoms. The fourth-order valence-electron chi connectivity index (χ4n) is 0. The molecular weight excluding hydrogens is 116 g/mol. The molecule has 0 aromatic heterocycles. The molecule has 0 aromatic carbocycles. The SMILES string of the molecule is O=[Si].[H-].[Li+].[Zn]. The van der Waals surface area contributed by atoms with Gasteiger partial charge in [0.15, 0.2) is 0 Å². The van der Waals surface area contributed by atoms with Crippen LogP contribution in [0.1, 0.15) is 1.43 Å². The largest absolute Gasteiger partial charge is 1.00 e. The van der Waals surface area contributed by atoms with Gasteiger partial charge in [0.25, 0.3) is 0 Å². The van der Waals surface area contributed by atoms with Crippen LogP contribution in [0.5, 0.6) is 0 Å². The van der Waals surface area contributed by atoms with Crippen LogP contribution in [0.4, 0.5) is 0 Å². The Morgan fingerprint density at radius 3 is 1.50 bits per heavy atom. The van der Waals surface area contributed by atoms with Crippen LogP contribution in [0.3, 0.4) is 0 Å². The summed E-state index contributed by atoms with van der Waals surface area (Å²) in [5.74, 6) is 0. The normalized spacial score (nSPS) is 1.00. The Hall–Kier alpha value is 1.24. The smallest absolute Gasteiger partial charge is 1.00 e. The first-order chi connectivity index (χ1) is 1.00. The summed E-state index contributed by atoms with van der Waals surface area (Å²) in [6.07, 6.45) is 0. The zero-order valence-electron chi connectivity index (χ0n) is 3.62. The standard InChI is InChI=1S/Li.OSi.Zn.H/c;1-2;;/q+1;;;-1. The topological polar surface area (TPSA) is 17.1 Å². The van der Waals surface area contributed by atoms with E-state index >= 15 is 0 Å². The van der Waals surface area contributed by atoms with Crippen LogP contribution in [0.15, 0.2) is 0 Å². The molecule has 0 aliphatic heterocycles. The van der Waals surface area contributed by atoms with Crippen LogP contribution in [-0.2, 0) is 23.9 Å². The molecule has 1 nitrogen and oxygen atoms in total. The van der Waals surface area contributed by atoms with E-state index in [4.69, 9.17) is 4.46 Å². The van der Waals surface area contributed by atoms with E-state index in [9.17, 15) is 0 Å². The first-order valence-corrected chi connectivity index (χ1v) is 0.612. The van der Waals surface area contributed by atoms with Crippen molar-refractivity contribution >= 4 is 10.1 Å². The third kappa shape index (κ3) is 10.6. The monoisotopic (exact) mass is 116 g/mol. The van der Waals surface area contributed by atoms with E-state index in [1.165, 1.54) is 0 Å². The molecule has 0 rings (SSSR count). The summed E-state index contributed by atoms with van der Waals surface area (Å²) in [6.45, 7) is 0. The Morgan fingerprint density at radius 1 is 1.50 bits per heavy atom. The van der Waals surface area contributed by atoms with E-state index in [-0.39, 0.29) is 39.8 Å². The molecule has 0 amide bonds. The van der Waals surface area contributed by atoms with Crippen LogP contribution in [0.2, 0.25) is 0 Å². The summed E-state index contributed by atoms with van der Waals surface area (Å²) in [5, 5.41) is 0. The molecule has 0 spiro atoms. The minimum atomic E-state index is 0. The molecule has 0 fully saturated rings. The molecule has 0 N–H and O–H groups in total. The van der Waals surface area contributed by atoms with Crippen molar-refractivity contribution in [3.8, 4) is 0 Å². The molecule has 4 heteroatoms. The van der Waals surface area contributed by atoms with E-state index in [1.807, 2.05) is 0 Å². The van der Waals surface area contributed by atoms with E-state index in [0.29, 0.717) is 0 Å². The quantitative estimate of drug-likeness (QED) is 0.303. The van der Waals surface area contributed by atoms with Crippen LogP contribution in [0.25, 0.3) is 0 Å². The molecule has 14 valence electrons. The summed E-state index contributed by atoms with van der Waals surface area (Å²) in [4.78, 5) is 0. The van der Waals surface area contributed by atoms with Crippen molar-refractivity contribution in [2.75, 3.05) is 0 Å². The van der Waals surface area contributed by atoms with E-state index < -0.39 is 0 Å². The van der Waals surface area contributed by atoms with E-state index in [2.05, 4.69) is 0 Å². The average molecular weight is 117 g/mol. The van der Waals surface area contributed by atoms with E-state index in [1.54, 1.807) is 10.1 Å². The maximum absolute atomic E-state index is 8.06. The summed E-state index contributed by atoms with van der Waals surface area (Å²) >= 11 is 0. The molecule has 0 unspecified atom stereocenters. The minimum Gasteiger partial charge on any atom is -1.00 e. The maximum atomic E-state index is 8.06. The fraction of sp³-hybridized carbons (Fsp3) is 0. The Balaban J connectivity index is -0.00000000167. The van der Waals surface area contributed by atoms with Gasteiger partial charge in [0, 0.05) is 19.5 Å². The van der Waals surface area contributed by atoms with Gasteiger partial charge in [-0.3, -0.25) is 0 Å². The molecule has 0 aliphatic rings. The van der Waals surface area contributed by atoms with Crippen molar-refractivity contribution in [2.45, 2.75) is 0 Å². The van der Waals surface area contributed by atoms with Crippen molar-refractivity contribution in [3.63, 3.8) is 0 Å². The third-order valence-electron chi connectivity index (χ3n) is 0. The third-order valence-corrected chi connectivity index (χ3v) is 0. The molecule has 2 radical (unpaired) electrons. The predicted molar refractivity (Wildman–Crippen MR) is 7.55 cm³/mol. The Kier molecular flexibility index (Phi) is 136. The van der Waals surface area contributed by atoms with Crippen molar-refractivity contribution < 1.29 is 44.2 Å². The summed E-state index contributed by atoms with van der Waals surface area (Å²) in [7, 11) is 1.72. The molecule has 4 heavy (non-hydrogen) atoms. The van der Waals surface area contributed by atoms with Crippen LogP contribution in [-0.4, -0.2) is 10.1 Å². The molecular formula is HLiOSiZn. The predicted octanol–water partition coefficient (Wildman–Crippen LogP) is -3.39. The molecule has 0 aromatic rings. The van der Waals surface area contributed by atoms with Crippen molar-refractivity contribution in [1.29, 1.82) is 0 Å². The maximum Gasteiger partial charge on any atom is 1.00 e. The molecule has 0 atom stereocenters. The van der Waals surface area contributed by atoms with Crippen molar-refractivity contribution in [3.05, 3.63) is 0 Å². The Labute approximate surface area is 54.4 Å². The first kappa shape index (κ1) is 18.8. The van der Waals surface area contributed by atoms with Gasteiger partial charge in [-0.1, -0.05) is 0 Å². The van der Waals surface area contributed by atoms with Gasteiger partial charge in [-0.25, -0.2) is 0 Å². The summed E-state index contributed by atoms with van der Waals surface area (Å²) in [6, 6.07) is 0. The summed E-state index contributed by atoms with van der Waals surface area (Å²) in [5.41, 5.74) is 0. The van der Waals surface area contributed by atoms with Gasteiger partial charge in [0.2, 0.25) is 0 Å². The van der Waals surface area contributed by atoms with Gasteiger partial charge in [-0.05, 0) is 0 Å². The molecule has 0 saturated heterocycles. The molecule has 0 heterocycles. The second-order valence-corrected chi connectivity index (χ2v) is 0. The number of rotatable bonds is 0. The van der Waals surface area contributed by atoms with Gasteiger partial charge in [-0.15, -0.1) is 0 Å². The number of hydrogen-bond acceptors (Lipinski definition) is 1. The second-order valence-electron chi connectivity index (χ2n) is 0. The van der Waals surface area contributed by atoms with Gasteiger partial charge >= 0.3 is 29.0 Å². The Morgan fingerprint density at radius 2 is 1.50 bits per heavy atom. The minimum absolute atomic E-state index is 0. The van der Waals surface area contributed by atoms with Crippen LogP contribution < -0.4 is 18.9 Å². The van der Waals surface area contributed by atoms with Gasteiger partial charge < -0.3 is 5.89 Å². The molecule has 0 saturated carbocycles.